The Kier molecular flexibility index (Phi) is 7.34. The summed E-state index contributed by atoms with van der Waals surface area (Å²) in [5.41, 5.74) is 2.94. The Morgan fingerprint density at radius 2 is 1.59 bits per heavy atom. The van der Waals surface area contributed by atoms with Crippen molar-refractivity contribution in [1.82, 2.24) is 19.7 Å². The highest BCUT2D eigenvalue weighted by Crippen LogP contribution is 2.23. The molecule has 34 heavy (non-hydrogen) atoms. The van der Waals surface area contributed by atoms with E-state index >= 15 is 0 Å². The van der Waals surface area contributed by atoms with Crippen molar-refractivity contribution in [3.8, 4) is 0 Å². The van der Waals surface area contributed by atoms with Gasteiger partial charge in [0.05, 0.1) is 24.3 Å². The van der Waals surface area contributed by atoms with Crippen molar-refractivity contribution >= 4 is 22.6 Å². The summed E-state index contributed by atoms with van der Waals surface area (Å²) in [4.78, 5) is 24.9. The van der Waals surface area contributed by atoms with Gasteiger partial charge in [0, 0.05) is 64.3 Å². The lowest BCUT2D eigenvalue weighted by molar-refractivity contribution is 0.0304. The van der Waals surface area contributed by atoms with E-state index in [0.717, 1.165) is 62.5 Å². The zero-order valence-electron chi connectivity index (χ0n) is 19.7. The highest BCUT2D eigenvalue weighted by molar-refractivity contribution is 6.07. The van der Waals surface area contributed by atoms with Crippen molar-refractivity contribution in [3.05, 3.63) is 71.8 Å². The largest absolute Gasteiger partial charge is 0.378 e. The van der Waals surface area contributed by atoms with Crippen LogP contribution in [0.15, 0.2) is 60.7 Å². The Bertz CT molecular complexity index is 1090. The third kappa shape index (κ3) is 5.55. The zero-order chi connectivity index (χ0) is 23.2. The van der Waals surface area contributed by atoms with Crippen LogP contribution in [0.1, 0.15) is 15.9 Å². The van der Waals surface area contributed by atoms with Gasteiger partial charge in [0.1, 0.15) is 5.82 Å². The second kappa shape index (κ2) is 11.0. The van der Waals surface area contributed by atoms with Crippen molar-refractivity contribution in [3.63, 3.8) is 0 Å². The summed E-state index contributed by atoms with van der Waals surface area (Å²) in [6.45, 7) is 9.55. The molecule has 0 unspecified atom stereocenters. The molecule has 0 radical (unpaired) electrons. The highest BCUT2D eigenvalue weighted by atomic mass is 16.5. The van der Waals surface area contributed by atoms with Crippen molar-refractivity contribution in [1.29, 1.82) is 0 Å². The molecule has 2 fully saturated rings. The number of carbonyl (C=O) groups excluding carboxylic acids is 1. The number of pyridine rings is 1. The van der Waals surface area contributed by atoms with Gasteiger partial charge in [-0.15, -0.1) is 0 Å². The van der Waals surface area contributed by atoms with E-state index in [-0.39, 0.29) is 5.91 Å². The van der Waals surface area contributed by atoms with Gasteiger partial charge >= 0.3 is 0 Å². The summed E-state index contributed by atoms with van der Waals surface area (Å²) in [5, 5.41) is 4.37. The molecule has 178 valence electrons. The summed E-state index contributed by atoms with van der Waals surface area (Å²) < 4.78 is 5.42. The Balaban J connectivity index is 1.17. The van der Waals surface area contributed by atoms with E-state index in [1.807, 2.05) is 35.2 Å². The topological polar surface area (TPSA) is 60.9 Å². The number of hydrogen-bond acceptors (Lipinski definition) is 6. The fraction of sp³-hybridized carbons (Fsp3) is 0.407. The number of benzene rings is 2. The number of anilines is 1. The number of aromatic nitrogens is 1. The van der Waals surface area contributed by atoms with Crippen molar-refractivity contribution in [2.75, 3.05) is 70.9 Å². The van der Waals surface area contributed by atoms with E-state index in [0.29, 0.717) is 31.9 Å². The van der Waals surface area contributed by atoms with Gasteiger partial charge in [-0.2, -0.15) is 0 Å². The molecular weight excluding hydrogens is 426 g/mol. The maximum absolute atomic E-state index is 13.3. The molecule has 0 atom stereocenters. The SMILES string of the molecule is O=C(c1cc(NCCN2CCN(Cc3ccccc3)CC2)nc2ccccc12)N1CCOCC1. The summed E-state index contributed by atoms with van der Waals surface area (Å²) in [6, 6.07) is 20.5. The molecule has 3 heterocycles. The number of amides is 1. The quantitative estimate of drug-likeness (QED) is 0.586. The molecule has 0 aliphatic carbocycles. The minimum atomic E-state index is 0.0551. The average Bonchev–Trinajstić information content (AvgIpc) is 2.90. The molecule has 1 aromatic heterocycles. The summed E-state index contributed by atoms with van der Waals surface area (Å²) in [6.07, 6.45) is 0. The summed E-state index contributed by atoms with van der Waals surface area (Å²) >= 11 is 0. The van der Waals surface area contributed by atoms with Crippen LogP contribution < -0.4 is 5.32 Å². The van der Waals surface area contributed by atoms with Crippen LogP contribution in [0.3, 0.4) is 0 Å². The number of nitrogens with zero attached hydrogens (tertiary/aromatic N) is 4. The van der Waals surface area contributed by atoms with Crippen LogP contribution in [-0.4, -0.2) is 91.2 Å². The molecule has 0 saturated carbocycles. The number of carbonyl (C=O) groups is 1. The number of morpholine rings is 1. The van der Waals surface area contributed by atoms with Crippen LogP contribution >= 0.6 is 0 Å². The Labute approximate surface area is 201 Å². The molecule has 1 amide bonds. The molecule has 1 N–H and O–H groups in total. The predicted molar refractivity (Wildman–Crippen MR) is 135 cm³/mol. The normalized spacial score (nSPS) is 17.7. The molecular formula is C27H33N5O2. The standard InChI is InChI=1S/C27H33N5O2/c33-27(32-16-18-34-19-17-32)24-20-26(29-25-9-5-4-8-23(24)25)28-10-11-30-12-14-31(15-13-30)21-22-6-2-1-3-7-22/h1-9,20H,10-19,21H2,(H,28,29). The first-order valence-electron chi connectivity index (χ1n) is 12.3. The molecule has 2 aliphatic heterocycles. The maximum atomic E-state index is 13.3. The van der Waals surface area contributed by atoms with Crippen LogP contribution in [0.4, 0.5) is 5.82 Å². The molecule has 2 aromatic carbocycles. The van der Waals surface area contributed by atoms with Crippen LogP contribution in [0, 0.1) is 0 Å². The van der Waals surface area contributed by atoms with E-state index in [2.05, 4.69) is 45.4 Å². The molecule has 0 bridgehead atoms. The van der Waals surface area contributed by atoms with Gasteiger partial charge in [0.25, 0.3) is 5.91 Å². The molecule has 3 aromatic rings. The lowest BCUT2D eigenvalue weighted by Crippen LogP contribution is -2.47. The van der Waals surface area contributed by atoms with Gasteiger partial charge in [-0.3, -0.25) is 14.6 Å². The fourth-order valence-corrected chi connectivity index (χ4v) is 4.73. The third-order valence-corrected chi connectivity index (χ3v) is 6.69. The molecule has 2 aliphatic rings. The smallest absolute Gasteiger partial charge is 0.254 e. The monoisotopic (exact) mass is 459 g/mol. The lowest BCUT2D eigenvalue weighted by Gasteiger charge is -2.34. The van der Waals surface area contributed by atoms with Crippen LogP contribution in [0.2, 0.25) is 0 Å². The van der Waals surface area contributed by atoms with Gasteiger partial charge in [0.2, 0.25) is 0 Å². The molecule has 2 saturated heterocycles. The number of piperazine rings is 1. The first-order chi connectivity index (χ1) is 16.8. The van der Waals surface area contributed by atoms with Crippen LogP contribution in [0.25, 0.3) is 10.9 Å². The Morgan fingerprint density at radius 3 is 2.38 bits per heavy atom. The van der Waals surface area contributed by atoms with E-state index in [4.69, 9.17) is 9.72 Å². The van der Waals surface area contributed by atoms with Crippen molar-refractivity contribution in [2.45, 2.75) is 6.54 Å². The van der Waals surface area contributed by atoms with Gasteiger partial charge in [-0.05, 0) is 17.7 Å². The highest BCUT2D eigenvalue weighted by Gasteiger charge is 2.22. The Hall–Kier alpha value is -3.00. The van der Waals surface area contributed by atoms with E-state index < -0.39 is 0 Å². The van der Waals surface area contributed by atoms with E-state index in [1.165, 1.54) is 5.56 Å². The van der Waals surface area contributed by atoms with Crippen molar-refractivity contribution in [2.24, 2.45) is 0 Å². The van der Waals surface area contributed by atoms with Gasteiger partial charge < -0.3 is 15.0 Å². The lowest BCUT2D eigenvalue weighted by atomic mass is 10.1. The minimum absolute atomic E-state index is 0.0551. The van der Waals surface area contributed by atoms with Gasteiger partial charge in [0.15, 0.2) is 0 Å². The molecule has 7 heteroatoms. The second-order valence-corrected chi connectivity index (χ2v) is 9.01. The number of para-hydroxylation sites is 1. The molecule has 7 nitrogen and oxygen atoms in total. The fourth-order valence-electron chi connectivity index (χ4n) is 4.73. The number of hydrogen-bond donors (Lipinski definition) is 1. The first kappa shape index (κ1) is 22.8. The Morgan fingerprint density at radius 1 is 0.882 bits per heavy atom. The number of nitrogens with one attached hydrogen (secondary N) is 1. The maximum Gasteiger partial charge on any atom is 0.254 e. The number of ether oxygens (including phenoxy) is 1. The first-order valence-corrected chi connectivity index (χ1v) is 12.3. The number of rotatable bonds is 7. The van der Waals surface area contributed by atoms with Crippen LogP contribution in [0.5, 0.6) is 0 Å². The van der Waals surface area contributed by atoms with Gasteiger partial charge in [-0.25, -0.2) is 4.98 Å². The minimum Gasteiger partial charge on any atom is -0.378 e. The van der Waals surface area contributed by atoms with Crippen molar-refractivity contribution < 1.29 is 9.53 Å². The third-order valence-electron chi connectivity index (χ3n) is 6.69. The summed E-state index contributed by atoms with van der Waals surface area (Å²) in [7, 11) is 0. The zero-order valence-corrected chi connectivity index (χ0v) is 19.7. The van der Waals surface area contributed by atoms with Crippen LogP contribution in [-0.2, 0) is 11.3 Å². The summed E-state index contributed by atoms with van der Waals surface area (Å²) in [5.74, 6) is 0.817. The molecule has 0 spiro atoms. The van der Waals surface area contributed by atoms with Gasteiger partial charge in [-0.1, -0.05) is 48.5 Å². The predicted octanol–water partition coefficient (Wildman–Crippen LogP) is 2.94. The van der Waals surface area contributed by atoms with E-state index in [1.54, 1.807) is 0 Å². The second-order valence-electron chi connectivity index (χ2n) is 9.01. The molecule has 5 rings (SSSR count). The average molecular weight is 460 g/mol. The van der Waals surface area contributed by atoms with E-state index in [9.17, 15) is 4.79 Å². The number of fused-ring (bicyclic) bond motifs is 1.